The molecule has 0 aliphatic heterocycles. The first-order chi connectivity index (χ1) is 17.6. The van der Waals surface area contributed by atoms with Crippen molar-refractivity contribution in [2.75, 3.05) is 0 Å². The summed E-state index contributed by atoms with van der Waals surface area (Å²) in [6.45, 7) is 3.99. The van der Waals surface area contributed by atoms with Crippen molar-refractivity contribution >= 4 is 8.69 Å². The van der Waals surface area contributed by atoms with E-state index in [0.717, 1.165) is 24.3 Å². The Bertz CT molecular complexity index is 1030. The Labute approximate surface area is 223 Å². The van der Waals surface area contributed by atoms with Crippen molar-refractivity contribution < 1.29 is 13.9 Å². The van der Waals surface area contributed by atoms with Crippen molar-refractivity contribution in [3.8, 4) is 11.5 Å². The maximum atomic E-state index is 9.97. The van der Waals surface area contributed by atoms with Crippen LogP contribution in [0, 0.1) is 0 Å². The predicted octanol–water partition coefficient (Wildman–Crippen LogP) is 8.04. The first-order valence-electron chi connectivity index (χ1n) is 11.9. The van der Waals surface area contributed by atoms with Gasteiger partial charge in [-0.3, -0.25) is 0 Å². The number of nitrogens with one attached hydrogen (secondary N) is 1. The summed E-state index contributed by atoms with van der Waals surface area (Å²) in [5.41, 5.74) is 10.8. The number of rotatable bonds is 9. The van der Waals surface area contributed by atoms with Crippen molar-refractivity contribution in [2.45, 2.75) is 46.2 Å². The van der Waals surface area contributed by atoms with Crippen molar-refractivity contribution in [3.05, 3.63) is 132 Å². The largest absolute Gasteiger partial charge is 0.457 e. The zero-order valence-corrected chi connectivity index (χ0v) is 21.8. The van der Waals surface area contributed by atoms with Gasteiger partial charge in [-0.15, -0.1) is 0 Å². The van der Waals surface area contributed by atoms with Gasteiger partial charge in [0.25, 0.3) is 0 Å². The number of ether oxygens (including phenoxy) is 1. The average Bonchev–Trinajstić information content (AvgIpc) is 2.90. The molecule has 0 amide bonds. The topological polar surface area (TPSA) is 73.6 Å². The van der Waals surface area contributed by atoms with E-state index >= 15 is 0 Å². The molecule has 6 heteroatoms. The Morgan fingerprint density at radius 1 is 0.676 bits per heavy atom. The van der Waals surface area contributed by atoms with Crippen LogP contribution in [0.15, 0.2) is 121 Å². The number of hydrogen-bond donors (Lipinski definition) is 2. The van der Waals surface area contributed by atoms with Crippen LogP contribution in [-0.2, 0) is 22.0 Å². The SMILES string of the molecule is C.C[C@@H](Cc1ccccc1)NOP=O.C[C@H](N)Cc1ccccc1.c1ccc(Oc2ccccc2)cc1. The highest BCUT2D eigenvalue weighted by Gasteiger charge is 2.02. The van der Waals surface area contributed by atoms with Gasteiger partial charge >= 0.3 is 8.69 Å². The Morgan fingerprint density at radius 3 is 1.43 bits per heavy atom. The van der Waals surface area contributed by atoms with Gasteiger partial charge in [-0.05, 0) is 62.1 Å². The minimum Gasteiger partial charge on any atom is -0.457 e. The summed E-state index contributed by atoms with van der Waals surface area (Å²) in [5, 5.41) is 0. The maximum Gasteiger partial charge on any atom is 0.346 e. The van der Waals surface area contributed by atoms with Crippen molar-refractivity contribution in [3.63, 3.8) is 0 Å². The van der Waals surface area contributed by atoms with Crippen molar-refractivity contribution in [2.24, 2.45) is 5.73 Å². The molecule has 0 aliphatic carbocycles. The fourth-order valence-corrected chi connectivity index (χ4v) is 3.44. The zero-order chi connectivity index (χ0) is 25.8. The van der Waals surface area contributed by atoms with Gasteiger partial charge in [-0.1, -0.05) is 104 Å². The first kappa shape index (κ1) is 31.7. The highest BCUT2D eigenvalue weighted by molar-refractivity contribution is 7.17. The number of hydroxylamine groups is 1. The molecule has 5 nitrogen and oxygen atoms in total. The van der Waals surface area contributed by atoms with Gasteiger partial charge in [-0.25, -0.2) is 9.19 Å². The van der Waals surface area contributed by atoms with Gasteiger partial charge in [0.15, 0.2) is 0 Å². The Kier molecular flexibility index (Phi) is 17.0. The number of para-hydroxylation sites is 2. The molecule has 0 saturated carbocycles. The molecule has 0 unspecified atom stereocenters. The van der Waals surface area contributed by atoms with E-state index in [1.165, 1.54) is 11.1 Å². The lowest BCUT2D eigenvalue weighted by molar-refractivity contribution is 0.182. The molecule has 0 spiro atoms. The Morgan fingerprint density at radius 2 is 1.05 bits per heavy atom. The highest BCUT2D eigenvalue weighted by atomic mass is 31.1. The van der Waals surface area contributed by atoms with Gasteiger partial charge in [0, 0.05) is 12.1 Å². The first-order valence-corrected chi connectivity index (χ1v) is 12.7. The summed E-state index contributed by atoms with van der Waals surface area (Å²) in [7, 11) is -0.335. The van der Waals surface area contributed by atoms with Gasteiger partial charge in [0.2, 0.25) is 0 Å². The minimum absolute atomic E-state index is 0. The van der Waals surface area contributed by atoms with E-state index in [1.807, 2.05) is 123 Å². The maximum absolute atomic E-state index is 9.97. The molecule has 4 rings (SSSR count). The average molecular weight is 519 g/mol. The standard InChI is InChI=1S/C12H10O.C9H12NO2P.C9H13N.CH4/c1-3-7-11(8-4-1)13-12-9-5-2-6-10-12;1-8(10-12-13-11)7-9-5-3-2-4-6-9;1-8(10)7-9-5-3-2-4-6-9;/h1-10H;2-6,8,10H,7H2,1H3;2-6,8H,7,10H2,1H3;1H4/t;2*8-;/m.00./s1. The minimum atomic E-state index is -0.335. The van der Waals surface area contributed by atoms with Gasteiger partial charge in [0.1, 0.15) is 11.5 Å². The van der Waals surface area contributed by atoms with Crippen LogP contribution in [0.1, 0.15) is 32.4 Å². The number of benzene rings is 4. The molecule has 0 radical (unpaired) electrons. The molecular weight excluding hydrogens is 479 g/mol. The van der Waals surface area contributed by atoms with Crippen LogP contribution in [0.5, 0.6) is 11.5 Å². The van der Waals surface area contributed by atoms with Crippen LogP contribution >= 0.6 is 8.69 Å². The van der Waals surface area contributed by atoms with E-state index in [9.17, 15) is 4.57 Å². The summed E-state index contributed by atoms with van der Waals surface area (Å²) in [5.74, 6) is 1.74. The molecule has 2 atom stereocenters. The van der Waals surface area contributed by atoms with Gasteiger partial charge in [-0.2, -0.15) is 5.48 Å². The predicted molar refractivity (Wildman–Crippen MR) is 155 cm³/mol. The molecule has 3 N–H and O–H groups in total. The van der Waals surface area contributed by atoms with E-state index in [1.54, 1.807) is 0 Å². The third kappa shape index (κ3) is 15.4. The van der Waals surface area contributed by atoms with Crippen LogP contribution in [0.4, 0.5) is 0 Å². The monoisotopic (exact) mass is 518 g/mol. The van der Waals surface area contributed by atoms with Crippen LogP contribution in [0.2, 0.25) is 0 Å². The molecule has 0 aliphatic rings. The molecule has 4 aromatic carbocycles. The fraction of sp³-hybridized carbons (Fsp3) is 0.226. The summed E-state index contributed by atoms with van der Waals surface area (Å²) in [6, 6.07) is 40.3. The number of nitrogens with two attached hydrogens (primary N) is 1. The van der Waals surface area contributed by atoms with Crippen molar-refractivity contribution in [1.29, 1.82) is 0 Å². The molecule has 0 saturated heterocycles. The van der Waals surface area contributed by atoms with Crippen LogP contribution in [-0.4, -0.2) is 12.1 Å². The van der Waals surface area contributed by atoms with Gasteiger partial charge in [0.05, 0.1) is 0 Å². The van der Waals surface area contributed by atoms with E-state index in [4.69, 9.17) is 10.5 Å². The van der Waals surface area contributed by atoms with E-state index in [2.05, 4.69) is 22.2 Å². The second-order valence-electron chi connectivity index (χ2n) is 8.27. The van der Waals surface area contributed by atoms with E-state index in [-0.39, 0.29) is 28.2 Å². The third-order valence-electron chi connectivity index (χ3n) is 4.80. The van der Waals surface area contributed by atoms with E-state index < -0.39 is 0 Å². The third-order valence-corrected chi connectivity index (χ3v) is 4.98. The molecular formula is C31H39N2O3P. The quantitative estimate of drug-likeness (QED) is 0.173. The Balaban J connectivity index is 0.000000277. The van der Waals surface area contributed by atoms with Crippen LogP contribution in [0.25, 0.3) is 0 Å². The molecule has 37 heavy (non-hydrogen) atoms. The molecule has 196 valence electrons. The second-order valence-corrected chi connectivity index (χ2v) is 8.60. The lowest BCUT2D eigenvalue weighted by atomic mass is 10.1. The summed E-state index contributed by atoms with van der Waals surface area (Å²) in [4.78, 5) is 0. The highest BCUT2D eigenvalue weighted by Crippen LogP contribution is 2.19. The molecule has 0 bridgehead atoms. The summed E-state index contributed by atoms with van der Waals surface area (Å²) in [6.07, 6.45) is 1.83. The normalized spacial score (nSPS) is 11.4. The molecule has 0 aromatic heterocycles. The lowest BCUT2D eigenvalue weighted by Crippen LogP contribution is -2.25. The second kappa shape index (κ2) is 19.8. The zero-order valence-electron chi connectivity index (χ0n) is 20.9. The van der Waals surface area contributed by atoms with E-state index in [0.29, 0.717) is 0 Å². The fourth-order valence-electron chi connectivity index (χ4n) is 3.22. The van der Waals surface area contributed by atoms with Crippen LogP contribution < -0.4 is 16.0 Å². The van der Waals surface area contributed by atoms with Gasteiger partial charge < -0.3 is 10.5 Å². The number of hydrogen-bond acceptors (Lipinski definition) is 5. The Hall–Kier alpha value is -3.34. The summed E-state index contributed by atoms with van der Waals surface area (Å²) < 4.78 is 20.1. The van der Waals surface area contributed by atoms with Crippen molar-refractivity contribution in [1.82, 2.24) is 5.48 Å². The molecule has 4 aromatic rings. The lowest BCUT2D eigenvalue weighted by Gasteiger charge is -2.09. The smallest absolute Gasteiger partial charge is 0.346 e. The summed E-state index contributed by atoms with van der Waals surface area (Å²) >= 11 is 0. The molecule has 0 fully saturated rings. The molecule has 0 heterocycles. The van der Waals surface area contributed by atoms with Crippen LogP contribution in [0.3, 0.4) is 0 Å².